The molecular formula is C15H24ClN3. The number of halogens is 1. The van der Waals surface area contributed by atoms with Crippen molar-refractivity contribution >= 4 is 17.4 Å². The number of rotatable bonds is 5. The van der Waals surface area contributed by atoms with E-state index in [4.69, 9.17) is 11.6 Å². The molecule has 1 saturated heterocycles. The molecule has 19 heavy (non-hydrogen) atoms. The van der Waals surface area contributed by atoms with Gasteiger partial charge in [-0.2, -0.15) is 0 Å². The molecule has 0 bridgehead atoms. The minimum atomic E-state index is 0.262. The first-order valence-corrected chi connectivity index (χ1v) is 7.55. The van der Waals surface area contributed by atoms with E-state index in [-0.39, 0.29) is 5.54 Å². The molecule has 1 aliphatic heterocycles. The Balaban J connectivity index is 2.10. The average molecular weight is 282 g/mol. The zero-order valence-electron chi connectivity index (χ0n) is 12.2. The van der Waals surface area contributed by atoms with Gasteiger partial charge in [0.05, 0.1) is 10.7 Å². The van der Waals surface area contributed by atoms with Crippen LogP contribution < -0.4 is 5.32 Å². The highest BCUT2D eigenvalue weighted by Crippen LogP contribution is 2.31. The Bertz CT molecular complexity index is 431. The molecule has 0 aromatic carbocycles. The van der Waals surface area contributed by atoms with Crippen molar-refractivity contribution in [2.75, 3.05) is 18.4 Å². The molecule has 3 nitrogen and oxygen atoms in total. The van der Waals surface area contributed by atoms with Gasteiger partial charge in [-0.15, -0.1) is 0 Å². The molecule has 106 valence electrons. The van der Waals surface area contributed by atoms with Gasteiger partial charge in [-0.3, -0.25) is 4.90 Å². The third-order valence-electron chi connectivity index (χ3n) is 3.89. The van der Waals surface area contributed by atoms with E-state index in [1.807, 2.05) is 12.1 Å². The zero-order chi connectivity index (χ0) is 13.9. The number of anilines is 1. The first-order chi connectivity index (χ1) is 9.03. The number of hydrogen-bond donors (Lipinski definition) is 1. The molecule has 1 aliphatic rings. The summed E-state index contributed by atoms with van der Waals surface area (Å²) in [4.78, 5) is 7.13. The minimum Gasteiger partial charge on any atom is -0.370 e. The highest BCUT2D eigenvalue weighted by atomic mass is 35.5. The third kappa shape index (κ3) is 3.61. The predicted molar refractivity (Wildman–Crippen MR) is 81.8 cm³/mol. The lowest BCUT2D eigenvalue weighted by Gasteiger charge is -2.31. The van der Waals surface area contributed by atoms with Crippen molar-refractivity contribution in [3.8, 4) is 0 Å². The van der Waals surface area contributed by atoms with E-state index in [0.717, 1.165) is 42.6 Å². The van der Waals surface area contributed by atoms with Crippen molar-refractivity contribution < 1.29 is 0 Å². The van der Waals surface area contributed by atoms with Crippen LogP contribution in [0.3, 0.4) is 0 Å². The fourth-order valence-electron chi connectivity index (χ4n) is 2.58. The van der Waals surface area contributed by atoms with Crippen molar-refractivity contribution in [1.82, 2.24) is 9.88 Å². The van der Waals surface area contributed by atoms with Crippen molar-refractivity contribution in [3.05, 3.63) is 22.8 Å². The SMILES string of the molecule is CCCNc1ccc(Cl)c(CN2CCCC2(C)C)n1. The van der Waals surface area contributed by atoms with Gasteiger partial charge in [0.25, 0.3) is 0 Å². The van der Waals surface area contributed by atoms with Crippen LogP contribution in [-0.4, -0.2) is 28.5 Å². The third-order valence-corrected chi connectivity index (χ3v) is 4.23. The second kappa shape index (κ2) is 6.10. The summed E-state index contributed by atoms with van der Waals surface area (Å²) in [5, 5.41) is 4.09. The lowest BCUT2D eigenvalue weighted by Crippen LogP contribution is -2.37. The molecule has 0 aliphatic carbocycles. The lowest BCUT2D eigenvalue weighted by molar-refractivity contribution is 0.164. The van der Waals surface area contributed by atoms with Gasteiger partial charge in [-0.25, -0.2) is 4.98 Å². The number of aromatic nitrogens is 1. The molecule has 0 atom stereocenters. The van der Waals surface area contributed by atoms with Crippen LogP contribution in [0.1, 0.15) is 45.7 Å². The molecular weight excluding hydrogens is 258 g/mol. The van der Waals surface area contributed by atoms with E-state index in [1.165, 1.54) is 12.8 Å². The molecule has 0 saturated carbocycles. The molecule has 2 rings (SSSR count). The van der Waals surface area contributed by atoms with Crippen molar-refractivity contribution in [2.45, 2.75) is 52.1 Å². The molecule has 1 N–H and O–H groups in total. The Hall–Kier alpha value is -0.800. The van der Waals surface area contributed by atoms with Gasteiger partial charge in [0.15, 0.2) is 0 Å². The second-order valence-electron chi connectivity index (χ2n) is 5.89. The Morgan fingerprint density at radius 2 is 2.21 bits per heavy atom. The van der Waals surface area contributed by atoms with E-state index < -0.39 is 0 Å². The lowest BCUT2D eigenvalue weighted by atomic mass is 10.0. The molecule has 0 amide bonds. The normalized spacial score (nSPS) is 18.7. The van der Waals surface area contributed by atoms with E-state index in [9.17, 15) is 0 Å². The first-order valence-electron chi connectivity index (χ1n) is 7.17. The molecule has 1 aromatic rings. The highest BCUT2D eigenvalue weighted by Gasteiger charge is 2.32. The van der Waals surface area contributed by atoms with Crippen LogP contribution in [0, 0.1) is 0 Å². The molecule has 4 heteroatoms. The molecule has 0 spiro atoms. The van der Waals surface area contributed by atoms with E-state index >= 15 is 0 Å². The number of hydrogen-bond acceptors (Lipinski definition) is 3. The summed E-state index contributed by atoms with van der Waals surface area (Å²) in [6.07, 6.45) is 3.61. The molecule has 0 radical (unpaired) electrons. The predicted octanol–water partition coefficient (Wildman–Crippen LogP) is 3.93. The Kier molecular flexibility index (Phi) is 4.69. The van der Waals surface area contributed by atoms with E-state index in [1.54, 1.807) is 0 Å². The summed E-state index contributed by atoms with van der Waals surface area (Å²) < 4.78 is 0. The second-order valence-corrected chi connectivity index (χ2v) is 6.30. The summed E-state index contributed by atoms with van der Waals surface area (Å²) in [6, 6.07) is 3.90. The maximum absolute atomic E-state index is 6.28. The monoisotopic (exact) mass is 281 g/mol. The standard InChI is InChI=1S/C15H24ClN3/c1-4-9-17-14-7-6-12(16)13(18-14)11-19-10-5-8-15(19,2)3/h6-7H,4-5,8-11H2,1-3H3,(H,17,18). The topological polar surface area (TPSA) is 28.2 Å². The zero-order valence-corrected chi connectivity index (χ0v) is 12.9. The van der Waals surface area contributed by atoms with Crippen LogP contribution in [0.15, 0.2) is 12.1 Å². The summed E-state index contributed by atoms with van der Waals surface area (Å²) >= 11 is 6.28. The average Bonchev–Trinajstić information content (AvgIpc) is 2.70. The largest absolute Gasteiger partial charge is 0.370 e. The summed E-state index contributed by atoms with van der Waals surface area (Å²) in [6.45, 7) is 9.67. The summed E-state index contributed by atoms with van der Waals surface area (Å²) in [5.74, 6) is 0.929. The maximum Gasteiger partial charge on any atom is 0.126 e. The van der Waals surface area contributed by atoms with Gasteiger partial charge in [0.2, 0.25) is 0 Å². The molecule has 0 unspecified atom stereocenters. The first kappa shape index (κ1) is 14.6. The van der Waals surface area contributed by atoms with Crippen LogP contribution in [-0.2, 0) is 6.54 Å². The van der Waals surface area contributed by atoms with Gasteiger partial charge in [-0.1, -0.05) is 18.5 Å². The van der Waals surface area contributed by atoms with E-state index in [2.05, 4.69) is 36.0 Å². The van der Waals surface area contributed by atoms with Crippen LogP contribution in [0.4, 0.5) is 5.82 Å². The Morgan fingerprint density at radius 3 is 2.84 bits per heavy atom. The number of nitrogens with one attached hydrogen (secondary N) is 1. The van der Waals surface area contributed by atoms with Gasteiger partial charge >= 0.3 is 0 Å². The number of likely N-dealkylation sites (tertiary alicyclic amines) is 1. The number of pyridine rings is 1. The highest BCUT2D eigenvalue weighted by molar-refractivity contribution is 6.31. The van der Waals surface area contributed by atoms with Crippen LogP contribution in [0.5, 0.6) is 0 Å². The Morgan fingerprint density at radius 1 is 1.42 bits per heavy atom. The van der Waals surface area contributed by atoms with Gasteiger partial charge in [0, 0.05) is 18.6 Å². The van der Waals surface area contributed by atoms with Crippen molar-refractivity contribution in [1.29, 1.82) is 0 Å². The van der Waals surface area contributed by atoms with Crippen molar-refractivity contribution in [3.63, 3.8) is 0 Å². The molecule has 2 heterocycles. The quantitative estimate of drug-likeness (QED) is 0.886. The maximum atomic E-state index is 6.28. The minimum absolute atomic E-state index is 0.262. The molecule has 1 fully saturated rings. The van der Waals surface area contributed by atoms with Gasteiger partial charge in [-0.05, 0) is 51.8 Å². The molecule has 1 aromatic heterocycles. The smallest absolute Gasteiger partial charge is 0.126 e. The van der Waals surface area contributed by atoms with Crippen LogP contribution in [0.2, 0.25) is 5.02 Å². The summed E-state index contributed by atoms with van der Waals surface area (Å²) in [5.41, 5.74) is 1.25. The van der Waals surface area contributed by atoms with Crippen LogP contribution >= 0.6 is 11.6 Å². The van der Waals surface area contributed by atoms with Gasteiger partial charge in [0.1, 0.15) is 5.82 Å². The van der Waals surface area contributed by atoms with Crippen LogP contribution in [0.25, 0.3) is 0 Å². The Labute approximate surface area is 121 Å². The fourth-order valence-corrected chi connectivity index (χ4v) is 2.75. The van der Waals surface area contributed by atoms with E-state index in [0.29, 0.717) is 0 Å². The number of nitrogens with zero attached hydrogens (tertiary/aromatic N) is 2. The summed E-state index contributed by atoms with van der Waals surface area (Å²) in [7, 11) is 0. The fraction of sp³-hybridized carbons (Fsp3) is 0.667. The van der Waals surface area contributed by atoms with Crippen molar-refractivity contribution in [2.24, 2.45) is 0 Å². The van der Waals surface area contributed by atoms with Gasteiger partial charge < -0.3 is 5.32 Å².